The first-order chi connectivity index (χ1) is 9.45. The molecule has 0 saturated carbocycles. The molecule has 0 rings (SSSR count). The summed E-state index contributed by atoms with van der Waals surface area (Å²) in [6, 6.07) is 2.11. The molecule has 0 atom stereocenters. The Morgan fingerprint density at radius 2 is 0.800 bits per heavy atom. The maximum Gasteiger partial charge on any atom is 0.334 e. The predicted octanol–water partition coefficient (Wildman–Crippen LogP) is 4.06. The van der Waals surface area contributed by atoms with Crippen LogP contribution in [0.1, 0.15) is 40.5 Å². The van der Waals surface area contributed by atoms with Crippen molar-refractivity contribution in [2.75, 3.05) is 26.4 Å². The van der Waals surface area contributed by atoms with Gasteiger partial charge >= 0.3 is 17.1 Å². The van der Waals surface area contributed by atoms with Gasteiger partial charge in [-0.05, 0) is 52.9 Å². The van der Waals surface area contributed by atoms with Crippen LogP contribution in [0.2, 0.25) is 25.2 Å². The van der Waals surface area contributed by atoms with Crippen molar-refractivity contribution in [3.05, 3.63) is 0 Å². The van der Waals surface area contributed by atoms with Crippen molar-refractivity contribution >= 4 is 17.1 Å². The maximum atomic E-state index is 5.86. The van der Waals surface area contributed by atoms with Crippen LogP contribution in [0.4, 0.5) is 0 Å². The zero-order chi connectivity index (χ0) is 15.5. The van der Waals surface area contributed by atoms with Crippen molar-refractivity contribution in [2.45, 2.75) is 65.7 Å². The Balaban J connectivity index is 4.13. The zero-order valence-corrected chi connectivity index (χ0v) is 16.3. The van der Waals surface area contributed by atoms with E-state index in [0.717, 1.165) is 51.4 Å². The van der Waals surface area contributed by atoms with Gasteiger partial charge in [0.05, 0.1) is 0 Å². The molecule has 122 valence electrons. The second-order valence-electron chi connectivity index (χ2n) is 5.21. The molecule has 0 saturated heterocycles. The van der Waals surface area contributed by atoms with Crippen LogP contribution in [-0.4, -0.2) is 43.5 Å². The topological polar surface area (TPSA) is 36.9 Å². The monoisotopic (exact) mass is 322 g/mol. The fourth-order valence-corrected chi connectivity index (χ4v) is 7.46. The second kappa shape index (κ2) is 10.9. The summed E-state index contributed by atoms with van der Waals surface area (Å²) in [6.07, 6.45) is 2.26. The third kappa shape index (κ3) is 8.54. The fourth-order valence-electron chi connectivity index (χ4n) is 2.49. The normalized spacial score (nSPS) is 12.9. The molecule has 0 bridgehead atoms. The van der Waals surface area contributed by atoms with Gasteiger partial charge in [0.15, 0.2) is 0 Å². The first kappa shape index (κ1) is 20.3. The van der Waals surface area contributed by atoms with Gasteiger partial charge in [-0.15, -0.1) is 0 Å². The van der Waals surface area contributed by atoms with Gasteiger partial charge in [0.1, 0.15) is 0 Å². The van der Waals surface area contributed by atoms with Gasteiger partial charge in [-0.1, -0.05) is 12.8 Å². The summed E-state index contributed by atoms with van der Waals surface area (Å²) in [5, 5.41) is 0. The van der Waals surface area contributed by atoms with Gasteiger partial charge in [0, 0.05) is 26.4 Å². The van der Waals surface area contributed by atoms with Crippen LogP contribution in [0, 0.1) is 0 Å². The van der Waals surface area contributed by atoms with Gasteiger partial charge in [0.2, 0.25) is 0 Å². The zero-order valence-electron chi connectivity index (χ0n) is 14.3. The molecule has 0 aromatic carbocycles. The molecule has 0 unspecified atom stereocenters. The first-order valence-corrected chi connectivity index (χ1v) is 13.1. The van der Waals surface area contributed by atoms with E-state index in [1.165, 1.54) is 0 Å². The highest BCUT2D eigenvalue weighted by atomic mass is 28.4. The summed E-state index contributed by atoms with van der Waals surface area (Å²) in [5.74, 6) is 0. The molecule has 6 heteroatoms. The van der Waals surface area contributed by atoms with E-state index in [0.29, 0.717) is 0 Å². The van der Waals surface area contributed by atoms with E-state index >= 15 is 0 Å². The van der Waals surface area contributed by atoms with E-state index in [2.05, 4.69) is 13.1 Å². The Bertz CT molecular complexity index is 203. The molecule has 0 aromatic rings. The van der Waals surface area contributed by atoms with Gasteiger partial charge in [-0.3, -0.25) is 0 Å². The van der Waals surface area contributed by atoms with Crippen molar-refractivity contribution in [2.24, 2.45) is 0 Å². The largest absolute Gasteiger partial charge is 0.395 e. The van der Waals surface area contributed by atoms with Crippen molar-refractivity contribution in [3.8, 4) is 0 Å². The average molecular weight is 323 g/mol. The number of hydrogen-bond acceptors (Lipinski definition) is 4. The van der Waals surface area contributed by atoms with Crippen molar-refractivity contribution in [1.82, 2.24) is 0 Å². The highest BCUT2D eigenvalue weighted by Crippen LogP contribution is 2.22. The lowest BCUT2D eigenvalue weighted by atomic mass is 10.4. The summed E-state index contributed by atoms with van der Waals surface area (Å²) in [7, 11) is -3.90. The van der Waals surface area contributed by atoms with Crippen LogP contribution in [-0.2, 0) is 17.7 Å². The summed E-state index contributed by atoms with van der Waals surface area (Å²) >= 11 is 0. The minimum atomic E-state index is -1.95. The van der Waals surface area contributed by atoms with Crippen LogP contribution >= 0.6 is 0 Å². The Hall–Kier alpha value is 0.274. The van der Waals surface area contributed by atoms with Crippen molar-refractivity contribution in [1.29, 1.82) is 0 Å². The highest BCUT2D eigenvalue weighted by molar-refractivity contribution is 6.66. The van der Waals surface area contributed by atoms with Crippen LogP contribution in [0.15, 0.2) is 0 Å². The van der Waals surface area contributed by atoms with E-state index in [-0.39, 0.29) is 0 Å². The number of hydrogen-bond donors (Lipinski definition) is 0. The Kier molecular flexibility index (Phi) is 11.1. The minimum absolute atomic E-state index is 0.743. The van der Waals surface area contributed by atoms with E-state index in [1.807, 2.05) is 27.7 Å². The molecule has 0 radical (unpaired) electrons. The Morgan fingerprint density at radius 1 is 0.550 bits per heavy atom. The number of unbranched alkanes of at least 4 members (excludes halogenated alkanes) is 1. The molecule has 4 nitrogen and oxygen atoms in total. The van der Waals surface area contributed by atoms with Crippen molar-refractivity contribution < 1.29 is 17.7 Å². The third-order valence-corrected chi connectivity index (χ3v) is 9.43. The highest BCUT2D eigenvalue weighted by Gasteiger charge is 2.32. The smallest absolute Gasteiger partial charge is 0.334 e. The lowest BCUT2D eigenvalue weighted by molar-refractivity contribution is 0.184. The summed E-state index contributed by atoms with van der Waals surface area (Å²) < 4.78 is 23.5. The van der Waals surface area contributed by atoms with Gasteiger partial charge < -0.3 is 17.7 Å². The van der Waals surface area contributed by atoms with E-state index in [4.69, 9.17) is 17.7 Å². The first-order valence-electron chi connectivity index (χ1n) is 8.01. The van der Waals surface area contributed by atoms with E-state index < -0.39 is 17.1 Å². The Labute approximate surface area is 127 Å². The summed E-state index contributed by atoms with van der Waals surface area (Å²) in [5.41, 5.74) is 0. The van der Waals surface area contributed by atoms with Gasteiger partial charge in [0.25, 0.3) is 0 Å². The molecule has 0 aromatic heterocycles. The van der Waals surface area contributed by atoms with Gasteiger partial charge in [-0.25, -0.2) is 0 Å². The van der Waals surface area contributed by atoms with Gasteiger partial charge in [-0.2, -0.15) is 0 Å². The van der Waals surface area contributed by atoms with Crippen molar-refractivity contribution in [3.63, 3.8) is 0 Å². The molecule has 20 heavy (non-hydrogen) atoms. The molecule has 0 N–H and O–H groups in total. The van der Waals surface area contributed by atoms with Crippen LogP contribution < -0.4 is 0 Å². The molecular formula is C14H34O4Si2. The summed E-state index contributed by atoms with van der Waals surface area (Å²) in [4.78, 5) is 0. The molecular weight excluding hydrogens is 288 g/mol. The SMILES string of the molecule is CCO[Si](C)(CCCC[Si](C)(OCC)OCC)OCC. The average Bonchev–Trinajstić information content (AvgIpc) is 2.36. The second-order valence-corrected chi connectivity index (χ2v) is 11.9. The molecule has 0 amide bonds. The standard InChI is InChI=1S/C14H34O4Si2/c1-7-15-19(5,16-8-2)13-11-12-14-20(6,17-9-3)18-10-4/h7-14H2,1-6H3. The molecule has 0 aliphatic rings. The summed E-state index contributed by atoms with van der Waals surface area (Å²) in [6.45, 7) is 15.5. The lowest BCUT2D eigenvalue weighted by Gasteiger charge is -2.28. The lowest BCUT2D eigenvalue weighted by Crippen LogP contribution is -2.40. The maximum absolute atomic E-state index is 5.86. The Morgan fingerprint density at radius 3 is 1.00 bits per heavy atom. The molecule has 0 aliphatic carbocycles. The fraction of sp³-hybridized carbons (Fsp3) is 1.00. The minimum Gasteiger partial charge on any atom is -0.395 e. The van der Waals surface area contributed by atoms with Crippen LogP contribution in [0.3, 0.4) is 0 Å². The quantitative estimate of drug-likeness (QED) is 0.378. The van der Waals surface area contributed by atoms with E-state index in [1.54, 1.807) is 0 Å². The molecule has 0 heterocycles. The predicted molar refractivity (Wildman–Crippen MR) is 88.6 cm³/mol. The molecule has 0 fully saturated rings. The molecule has 0 aliphatic heterocycles. The third-order valence-electron chi connectivity index (χ3n) is 3.31. The van der Waals surface area contributed by atoms with Crippen LogP contribution in [0.25, 0.3) is 0 Å². The number of rotatable bonds is 13. The molecule has 0 spiro atoms. The van der Waals surface area contributed by atoms with E-state index in [9.17, 15) is 0 Å². The van der Waals surface area contributed by atoms with Crippen LogP contribution in [0.5, 0.6) is 0 Å².